The Balaban J connectivity index is 1.67. The van der Waals surface area contributed by atoms with Crippen molar-refractivity contribution in [1.29, 1.82) is 0 Å². The molecule has 3 N–H and O–H groups in total. The van der Waals surface area contributed by atoms with E-state index in [-0.39, 0.29) is 33.9 Å². The minimum absolute atomic E-state index is 0.0660. The van der Waals surface area contributed by atoms with Crippen LogP contribution in [0.1, 0.15) is 107 Å². The number of carbonyl (C=O) groups excluding carboxylic acids is 2. The maximum Gasteiger partial charge on any atom is 0.159 e. The number of hydrogen-bond donors (Lipinski definition) is 3. The maximum atomic E-state index is 13.9. The monoisotopic (exact) mass is 488 g/mol. The van der Waals surface area contributed by atoms with Crippen LogP contribution in [-0.4, -0.2) is 44.7 Å². The van der Waals surface area contributed by atoms with Crippen LogP contribution in [-0.2, 0) is 9.59 Å². The summed E-state index contributed by atoms with van der Waals surface area (Å²) in [6.45, 7) is 16.3. The number of aliphatic hydroxyl groups is 3. The quantitative estimate of drug-likeness (QED) is 0.506. The lowest BCUT2D eigenvalue weighted by atomic mass is 9.43. The first kappa shape index (κ1) is 27.0. The highest BCUT2D eigenvalue weighted by Gasteiger charge is 2.65. The maximum absolute atomic E-state index is 13.9. The molecule has 0 aromatic rings. The Morgan fingerprint density at radius 3 is 2.23 bits per heavy atom. The number of allylic oxidation sites excluding steroid dienone is 2. The molecule has 0 aromatic carbocycles. The van der Waals surface area contributed by atoms with Crippen molar-refractivity contribution in [2.24, 2.45) is 39.4 Å². The summed E-state index contributed by atoms with van der Waals surface area (Å²) in [6.07, 6.45) is 4.02. The van der Waals surface area contributed by atoms with E-state index >= 15 is 0 Å². The van der Waals surface area contributed by atoms with E-state index in [4.69, 9.17) is 0 Å². The molecule has 198 valence electrons. The zero-order chi connectivity index (χ0) is 26.4. The third kappa shape index (κ3) is 3.74. The first-order valence-electron chi connectivity index (χ1n) is 13.8. The lowest BCUT2D eigenvalue weighted by molar-refractivity contribution is -0.142. The van der Waals surface area contributed by atoms with E-state index in [9.17, 15) is 24.9 Å². The van der Waals surface area contributed by atoms with Crippen molar-refractivity contribution >= 4 is 11.6 Å². The van der Waals surface area contributed by atoms with Gasteiger partial charge in [-0.1, -0.05) is 47.1 Å². The number of carbonyl (C=O) groups is 2. The zero-order valence-corrected chi connectivity index (χ0v) is 23.2. The van der Waals surface area contributed by atoms with Crippen LogP contribution >= 0.6 is 0 Å². The first-order valence-corrected chi connectivity index (χ1v) is 13.8. The third-order valence-electron chi connectivity index (χ3n) is 11.8. The van der Waals surface area contributed by atoms with Crippen molar-refractivity contribution < 1.29 is 24.9 Å². The van der Waals surface area contributed by atoms with Gasteiger partial charge in [0.2, 0.25) is 0 Å². The summed E-state index contributed by atoms with van der Waals surface area (Å²) in [5, 5.41) is 31.3. The summed E-state index contributed by atoms with van der Waals surface area (Å²) in [4.78, 5) is 26.7. The van der Waals surface area contributed by atoms with Gasteiger partial charge in [-0.25, -0.2) is 0 Å². The Hall–Kier alpha value is -1.04. The van der Waals surface area contributed by atoms with E-state index in [1.54, 1.807) is 0 Å². The summed E-state index contributed by atoms with van der Waals surface area (Å²) >= 11 is 0. The van der Waals surface area contributed by atoms with Crippen LogP contribution in [0, 0.1) is 39.4 Å². The highest BCUT2D eigenvalue weighted by atomic mass is 16.4. The second-order valence-corrected chi connectivity index (χ2v) is 14.4. The fourth-order valence-corrected chi connectivity index (χ4v) is 9.27. The molecule has 0 spiro atoms. The molecule has 0 amide bonds. The predicted octanol–water partition coefficient (Wildman–Crippen LogP) is 5.00. The van der Waals surface area contributed by atoms with Gasteiger partial charge in [-0.2, -0.15) is 0 Å². The second kappa shape index (κ2) is 8.23. The number of fused-ring (bicyclic) bond motifs is 4. The van der Waals surface area contributed by atoms with E-state index in [1.807, 2.05) is 13.8 Å². The number of aliphatic hydroxyl groups excluding tert-OH is 2. The minimum atomic E-state index is -1.35. The van der Waals surface area contributed by atoms with Gasteiger partial charge >= 0.3 is 0 Å². The number of Topliss-reactive ketones (excluding diaryl/α,β-unsaturated/α-hetero) is 2. The van der Waals surface area contributed by atoms with Crippen LogP contribution < -0.4 is 0 Å². The number of hydrogen-bond acceptors (Lipinski definition) is 5. The molecular formula is C30H48O5. The van der Waals surface area contributed by atoms with Crippen molar-refractivity contribution in [3.05, 3.63) is 11.1 Å². The van der Waals surface area contributed by atoms with Gasteiger partial charge in [0.1, 0.15) is 11.9 Å². The average molecular weight is 489 g/mol. The highest BCUT2D eigenvalue weighted by molar-refractivity contribution is 6.00. The van der Waals surface area contributed by atoms with E-state index in [1.165, 1.54) is 19.4 Å². The molecular weight excluding hydrogens is 440 g/mol. The zero-order valence-electron chi connectivity index (χ0n) is 23.2. The fourth-order valence-electron chi connectivity index (χ4n) is 9.27. The summed E-state index contributed by atoms with van der Waals surface area (Å²) in [5.74, 6) is 1.11. The number of rotatable bonds is 5. The fraction of sp³-hybridized carbons (Fsp3) is 0.867. The summed E-state index contributed by atoms with van der Waals surface area (Å²) in [6, 6.07) is 0. The average Bonchev–Trinajstić information content (AvgIpc) is 3.03. The molecule has 2 saturated carbocycles. The van der Waals surface area contributed by atoms with Gasteiger partial charge in [-0.05, 0) is 81.0 Å². The molecule has 8 unspecified atom stereocenters. The van der Waals surface area contributed by atoms with E-state index < -0.39 is 23.2 Å². The second-order valence-electron chi connectivity index (χ2n) is 14.4. The number of ketones is 2. The van der Waals surface area contributed by atoms with Crippen molar-refractivity contribution in [1.82, 2.24) is 0 Å². The molecule has 4 aliphatic rings. The van der Waals surface area contributed by atoms with E-state index in [0.29, 0.717) is 31.0 Å². The van der Waals surface area contributed by atoms with Crippen LogP contribution in [0.3, 0.4) is 0 Å². The Kier molecular flexibility index (Phi) is 6.35. The van der Waals surface area contributed by atoms with Gasteiger partial charge in [0.05, 0.1) is 11.7 Å². The SMILES string of the molecule is CC(CC(O)C(O)C(C)(C)O)C1CCC2(C)C3=C(CCC12C)C1(C)CCC(=O)C(C)(C)C1CC3=O. The van der Waals surface area contributed by atoms with Crippen molar-refractivity contribution in [3.8, 4) is 0 Å². The van der Waals surface area contributed by atoms with Crippen LogP contribution in [0.15, 0.2) is 11.1 Å². The summed E-state index contributed by atoms with van der Waals surface area (Å²) < 4.78 is 0. The first-order chi connectivity index (χ1) is 15.9. The van der Waals surface area contributed by atoms with Gasteiger partial charge in [0, 0.05) is 29.2 Å². The van der Waals surface area contributed by atoms with Crippen molar-refractivity contribution in [3.63, 3.8) is 0 Å². The Morgan fingerprint density at radius 1 is 1.00 bits per heavy atom. The van der Waals surface area contributed by atoms with Crippen LogP contribution in [0.4, 0.5) is 0 Å². The van der Waals surface area contributed by atoms with Crippen LogP contribution in [0.25, 0.3) is 0 Å². The molecule has 5 nitrogen and oxygen atoms in total. The Morgan fingerprint density at radius 2 is 1.63 bits per heavy atom. The molecule has 8 atom stereocenters. The standard InChI is InChI=1S/C30H48O5/c1-17(15-21(32)25(34)27(4,5)35)18-9-14-30(8)24-19(10-13-29(18,30)7)28(6)12-11-23(33)26(2,3)22(28)16-20(24)31/h17-18,21-22,25,32,34-35H,9-16H2,1-8H3. The topological polar surface area (TPSA) is 94.8 Å². The van der Waals surface area contributed by atoms with Crippen molar-refractivity contribution in [2.45, 2.75) is 125 Å². The molecule has 0 aliphatic heterocycles. The molecule has 0 aromatic heterocycles. The van der Waals surface area contributed by atoms with Crippen molar-refractivity contribution in [2.75, 3.05) is 0 Å². The highest BCUT2D eigenvalue weighted by Crippen LogP contribution is 2.71. The molecule has 4 rings (SSSR count). The predicted molar refractivity (Wildman–Crippen MR) is 137 cm³/mol. The molecule has 4 aliphatic carbocycles. The molecule has 0 saturated heterocycles. The smallest absolute Gasteiger partial charge is 0.159 e. The van der Waals surface area contributed by atoms with Gasteiger partial charge in [0.25, 0.3) is 0 Å². The molecule has 0 radical (unpaired) electrons. The summed E-state index contributed by atoms with van der Waals surface area (Å²) in [7, 11) is 0. The molecule has 5 heteroatoms. The lowest BCUT2D eigenvalue weighted by Gasteiger charge is -2.60. The van der Waals surface area contributed by atoms with Gasteiger partial charge < -0.3 is 15.3 Å². The van der Waals surface area contributed by atoms with Gasteiger partial charge in [0.15, 0.2) is 5.78 Å². The normalized spacial score (nSPS) is 41.7. The Labute approximate surface area is 211 Å². The largest absolute Gasteiger partial charge is 0.390 e. The van der Waals surface area contributed by atoms with Crippen LogP contribution in [0.2, 0.25) is 0 Å². The van der Waals surface area contributed by atoms with Gasteiger partial charge in [-0.15, -0.1) is 0 Å². The summed E-state index contributed by atoms with van der Waals surface area (Å²) in [5.41, 5.74) is 0.216. The van der Waals surface area contributed by atoms with E-state index in [2.05, 4.69) is 27.7 Å². The molecule has 0 bridgehead atoms. The molecule has 2 fully saturated rings. The lowest BCUT2D eigenvalue weighted by Crippen LogP contribution is -2.56. The molecule has 0 heterocycles. The minimum Gasteiger partial charge on any atom is -0.390 e. The van der Waals surface area contributed by atoms with E-state index in [0.717, 1.165) is 37.7 Å². The van der Waals surface area contributed by atoms with Crippen LogP contribution in [0.5, 0.6) is 0 Å². The molecule has 35 heavy (non-hydrogen) atoms. The Bertz CT molecular complexity index is 941. The third-order valence-corrected chi connectivity index (χ3v) is 11.8. The van der Waals surface area contributed by atoms with Gasteiger partial charge in [-0.3, -0.25) is 9.59 Å².